The van der Waals surface area contributed by atoms with Crippen LogP contribution >= 0.6 is 0 Å². The standard InChI is InChI=1S/C24H24N4O2/c1-29-23-10-7-20(14-24(23)30-18-21-4-2-11-25-17-21)16-26-15-19-5-8-22(9-6-19)28-13-3-12-27-28/h2-14,17,26H,15-16,18H2,1H3. The van der Waals surface area contributed by atoms with Gasteiger partial charge in [0, 0.05) is 43.4 Å². The number of benzene rings is 2. The lowest BCUT2D eigenvalue weighted by atomic mass is 10.1. The van der Waals surface area contributed by atoms with Crippen LogP contribution in [-0.4, -0.2) is 21.9 Å². The summed E-state index contributed by atoms with van der Waals surface area (Å²) in [5.41, 5.74) is 4.41. The van der Waals surface area contributed by atoms with Gasteiger partial charge in [-0.3, -0.25) is 4.98 Å². The zero-order valence-electron chi connectivity index (χ0n) is 16.9. The molecule has 2 aromatic heterocycles. The molecule has 152 valence electrons. The van der Waals surface area contributed by atoms with Gasteiger partial charge in [-0.1, -0.05) is 24.3 Å². The average molecular weight is 400 g/mol. The molecule has 2 aromatic carbocycles. The van der Waals surface area contributed by atoms with Gasteiger partial charge in [-0.15, -0.1) is 0 Å². The van der Waals surface area contributed by atoms with Crippen LogP contribution in [0.2, 0.25) is 0 Å². The smallest absolute Gasteiger partial charge is 0.161 e. The second-order valence-electron chi connectivity index (χ2n) is 6.86. The Morgan fingerprint density at radius 2 is 1.70 bits per heavy atom. The number of aromatic nitrogens is 3. The Kier molecular flexibility index (Phi) is 6.37. The van der Waals surface area contributed by atoms with Gasteiger partial charge in [0.2, 0.25) is 0 Å². The Bertz CT molecular complexity index is 1050. The topological polar surface area (TPSA) is 61.2 Å². The van der Waals surface area contributed by atoms with E-state index in [4.69, 9.17) is 9.47 Å². The van der Waals surface area contributed by atoms with E-state index in [1.165, 1.54) is 5.56 Å². The molecule has 0 aliphatic rings. The molecular weight excluding hydrogens is 376 g/mol. The summed E-state index contributed by atoms with van der Waals surface area (Å²) in [6, 6.07) is 20.2. The van der Waals surface area contributed by atoms with Crippen molar-refractivity contribution < 1.29 is 9.47 Å². The number of nitrogens with one attached hydrogen (secondary N) is 1. The zero-order valence-corrected chi connectivity index (χ0v) is 16.9. The molecule has 0 aliphatic heterocycles. The summed E-state index contributed by atoms with van der Waals surface area (Å²) in [4.78, 5) is 4.12. The van der Waals surface area contributed by atoms with Crippen molar-refractivity contribution in [2.24, 2.45) is 0 Å². The van der Waals surface area contributed by atoms with Gasteiger partial charge in [0.1, 0.15) is 6.61 Å². The van der Waals surface area contributed by atoms with Gasteiger partial charge in [-0.05, 0) is 47.5 Å². The van der Waals surface area contributed by atoms with E-state index in [0.717, 1.165) is 41.4 Å². The lowest BCUT2D eigenvalue weighted by Crippen LogP contribution is -2.13. The number of pyridine rings is 1. The van der Waals surface area contributed by atoms with Crippen molar-refractivity contribution in [3.8, 4) is 17.2 Å². The fraction of sp³-hybridized carbons (Fsp3) is 0.167. The molecule has 0 bridgehead atoms. The molecule has 6 nitrogen and oxygen atoms in total. The van der Waals surface area contributed by atoms with Crippen LogP contribution in [0.15, 0.2) is 85.5 Å². The molecule has 0 saturated heterocycles. The van der Waals surface area contributed by atoms with E-state index in [1.807, 2.05) is 47.3 Å². The number of methoxy groups -OCH3 is 1. The molecular formula is C24H24N4O2. The Labute approximate surface area is 176 Å². The molecule has 6 heteroatoms. The molecule has 4 rings (SSSR count). The summed E-state index contributed by atoms with van der Waals surface area (Å²) in [6.45, 7) is 1.95. The molecule has 30 heavy (non-hydrogen) atoms. The Balaban J connectivity index is 1.34. The Morgan fingerprint density at radius 3 is 2.43 bits per heavy atom. The highest BCUT2D eigenvalue weighted by Gasteiger charge is 2.07. The molecule has 0 saturated carbocycles. The summed E-state index contributed by atoms with van der Waals surface area (Å²) in [5.74, 6) is 1.45. The normalized spacial score (nSPS) is 10.7. The quantitative estimate of drug-likeness (QED) is 0.457. The Hall–Kier alpha value is -3.64. The van der Waals surface area contributed by atoms with Crippen LogP contribution in [0.1, 0.15) is 16.7 Å². The van der Waals surface area contributed by atoms with Crippen molar-refractivity contribution in [3.63, 3.8) is 0 Å². The molecule has 4 aromatic rings. The lowest BCUT2D eigenvalue weighted by Gasteiger charge is -2.13. The highest BCUT2D eigenvalue weighted by Crippen LogP contribution is 2.29. The fourth-order valence-corrected chi connectivity index (χ4v) is 3.13. The molecule has 0 spiro atoms. The summed E-state index contributed by atoms with van der Waals surface area (Å²) >= 11 is 0. The van der Waals surface area contributed by atoms with E-state index >= 15 is 0 Å². The first-order valence-electron chi connectivity index (χ1n) is 9.80. The Morgan fingerprint density at radius 1 is 0.867 bits per heavy atom. The van der Waals surface area contributed by atoms with Crippen molar-refractivity contribution in [3.05, 3.63) is 102 Å². The third-order valence-electron chi connectivity index (χ3n) is 4.71. The first kappa shape index (κ1) is 19.7. The molecule has 0 radical (unpaired) electrons. The minimum atomic E-state index is 0.448. The van der Waals surface area contributed by atoms with Gasteiger partial charge in [-0.2, -0.15) is 5.10 Å². The number of hydrogen-bond acceptors (Lipinski definition) is 5. The predicted molar refractivity (Wildman–Crippen MR) is 116 cm³/mol. The molecule has 0 fully saturated rings. The SMILES string of the molecule is COc1ccc(CNCc2ccc(-n3cccn3)cc2)cc1OCc1cccnc1. The van der Waals surface area contributed by atoms with Gasteiger partial charge in [0.15, 0.2) is 11.5 Å². The average Bonchev–Trinajstić information content (AvgIpc) is 3.34. The molecule has 2 heterocycles. The molecule has 0 aliphatic carbocycles. The lowest BCUT2D eigenvalue weighted by molar-refractivity contribution is 0.283. The monoisotopic (exact) mass is 400 g/mol. The number of rotatable bonds is 9. The third-order valence-corrected chi connectivity index (χ3v) is 4.71. The molecule has 0 unspecified atom stereocenters. The summed E-state index contributed by atoms with van der Waals surface area (Å²) in [5, 5.41) is 7.73. The van der Waals surface area contributed by atoms with E-state index in [2.05, 4.69) is 39.7 Å². The first-order chi connectivity index (χ1) is 14.8. The third kappa shape index (κ3) is 5.04. The van der Waals surface area contributed by atoms with E-state index in [9.17, 15) is 0 Å². The van der Waals surface area contributed by atoms with Crippen molar-refractivity contribution in [2.45, 2.75) is 19.7 Å². The van der Waals surface area contributed by atoms with Crippen molar-refractivity contribution in [1.82, 2.24) is 20.1 Å². The molecule has 0 amide bonds. The van der Waals surface area contributed by atoms with E-state index in [-0.39, 0.29) is 0 Å². The van der Waals surface area contributed by atoms with Gasteiger partial charge in [-0.25, -0.2) is 4.68 Å². The van der Waals surface area contributed by atoms with Crippen molar-refractivity contribution in [1.29, 1.82) is 0 Å². The maximum atomic E-state index is 5.97. The van der Waals surface area contributed by atoms with Gasteiger partial charge in [0.25, 0.3) is 0 Å². The first-order valence-corrected chi connectivity index (χ1v) is 9.80. The van der Waals surface area contributed by atoms with Crippen LogP contribution in [-0.2, 0) is 19.7 Å². The maximum Gasteiger partial charge on any atom is 0.161 e. The van der Waals surface area contributed by atoms with E-state index < -0.39 is 0 Å². The second-order valence-corrected chi connectivity index (χ2v) is 6.86. The van der Waals surface area contributed by atoms with E-state index in [1.54, 1.807) is 25.7 Å². The number of nitrogens with zero attached hydrogens (tertiary/aromatic N) is 3. The van der Waals surface area contributed by atoms with Crippen LogP contribution in [0.3, 0.4) is 0 Å². The van der Waals surface area contributed by atoms with Gasteiger partial charge >= 0.3 is 0 Å². The molecule has 1 N–H and O–H groups in total. The van der Waals surface area contributed by atoms with Crippen molar-refractivity contribution >= 4 is 0 Å². The van der Waals surface area contributed by atoms with Crippen LogP contribution in [0.4, 0.5) is 0 Å². The number of hydrogen-bond donors (Lipinski definition) is 1. The summed E-state index contributed by atoms with van der Waals surface area (Å²) in [6.07, 6.45) is 7.26. The van der Waals surface area contributed by atoms with Gasteiger partial charge in [0.05, 0.1) is 12.8 Å². The van der Waals surface area contributed by atoms with Crippen LogP contribution in [0.5, 0.6) is 11.5 Å². The second kappa shape index (κ2) is 9.71. The predicted octanol–water partition coefficient (Wildman–Crippen LogP) is 4.14. The van der Waals surface area contributed by atoms with Crippen LogP contribution in [0, 0.1) is 0 Å². The largest absolute Gasteiger partial charge is 0.493 e. The van der Waals surface area contributed by atoms with Crippen LogP contribution < -0.4 is 14.8 Å². The minimum Gasteiger partial charge on any atom is -0.493 e. The maximum absolute atomic E-state index is 5.97. The summed E-state index contributed by atoms with van der Waals surface area (Å²) in [7, 11) is 1.65. The van der Waals surface area contributed by atoms with Crippen LogP contribution in [0.25, 0.3) is 5.69 Å². The summed E-state index contributed by atoms with van der Waals surface area (Å²) < 4.78 is 13.3. The number of ether oxygens (including phenoxy) is 2. The van der Waals surface area contributed by atoms with Gasteiger partial charge < -0.3 is 14.8 Å². The zero-order chi connectivity index (χ0) is 20.6. The van der Waals surface area contributed by atoms with E-state index in [0.29, 0.717) is 6.61 Å². The fourth-order valence-electron chi connectivity index (χ4n) is 3.13. The molecule has 0 atom stereocenters. The van der Waals surface area contributed by atoms with Crippen molar-refractivity contribution in [2.75, 3.05) is 7.11 Å². The minimum absolute atomic E-state index is 0.448. The highest BCUT2D eigenvalue weighted by atomic mass is 16.5. The highest BCUT2D eigenvalue weighted by molar-refractivity contribution is 5.43.